The van der Waals surface area contributed by atoms with E-state index in [9.17, 15) is 0 Å². The average molecular weight is 347 g/mol. The van der Waals surface area contributed by atoms with Gasteiger partial charge in [0.15, 0.2) is 0 Å². The van der Waals surface area contributed by atoms with Gasteiger partial charge < -0.3 is 9.73 Å². The molecule has 1 unspecified atom stereocenters. The molecule has 0 radical (unpaired) electrons. The molecule has 1 atom stereocenters. The van der Waals surface area contributed by atoms with Crippen LogP contribution in [0.3, 0.4) is 0 Å². The van der Waals surface area contributed by atoms with E-state index < -0.39 is 0 Å². The Morgan fingerprint density at radius 1 is 1.29 bits per heavy atom. The number of hydrogen-bond acceptors (Lipinski definition) is 4. The predicted molar refractivity (Wildman–Crippen MR) is 84.5 cm³/mol. The number of halogens is 1. The van der Waals surface area contributed by atoms with Crippen molar-refractivity contribution in [2.75, 3.05) is 5.32 Å². The zero-order valence-corrected chi connectivity index (χ0v) is 13.3. The SMILES string of the molecule is Cc1cnc(C(C)Nc2cnn(-c3ccccc3Br)c2)o1. The second-order valence-electron chi connectivity index (χ2n) is 4.80. The molecule has 108 valence electrons. The largest absolute Gasteiger partial charge is 0.444 e. The summed E-state index contributed by atoms with van der Waals surface area (Å²) in [5.41, 5.74) is 1.90. The molecule has 0 bridgehead atoms. The summed E-state index contributed by atoms with van der Waals surface area (Å²) in [5.74, 6) is 1.48. The first-order valence-corrected chi connectivity index (χ1v) is 7.41. The summed E-state index contributed by atoms with van der Waals surface area (Å²) in [6.45, 7) is 3.88. The zero-order valence-electron chi connectivity index (χ0n) is 11.7. The summed E-state index contributed by atoms with van der Waals surface area (Å²) in [6, 6.07) is 7.93. The van der Waals surface area contributed by atoms with Crippen LogP contribution >= 0.6 is 15.9 Å². The molecule has 1 aromatic carbocycles. The lowest BCUT2D eigenvalue weighted by molar-refractivity contribution is 0.454. The number of aromatic nitrogens is 3. The third-order valence-corrected chi connectivity index (χ3v) is 3.75. The predicted octanol–water partition coefficient (Wildman–Crippen LogP) is 4.10. The Hall–Kier alpha value is -2.08. The molecule has 3 rings (SSSR count). The lowest BCUT2D eigenvalue weighted by Crippen LogP contribution is -2.06. The van der Waals surface area contributed by atoms with E-state index in [0.29, 0.717) is 5.89 Å². The first-order chi connectivity index (χ1) is 10.1. The van der Waals surface area contributed by atoms with Crippen molar-refractivity contribution in [2.45, 2.75) is 19.9 Å². The van der Waals surface area contributed by atoms with E-state index in [4.69, 9.17) is 4.42 Å². The number of aryl methyl sites for hydroxylation is 1. The monoisotopic (exact) mass is 346 g/mol. The van der Waals surface area contributed by atoms with Crippen molar-refractivity contribution >= 4 is 21.6 Å². The molecule has 1 N–H and O–H groups in total. The Morgan fingerprint density at radius 2 is 2.10 bits per heavy atom. The summed E-state index contributed by atoms with van der Waals surface area (Å²) in [6.07, 6.45) is 5.44. The average Bonchev–Trinajstić information content (AvgIpc) is 3.08. The van der Waals surface area contributed by atoms with Gasteiger partial charge in [-0.25, -0.2) is 9.67 Å². The Kier molecular flexibility index (Phi) is 3.79. The van der Waals surface area contributed by atoms with Gasteiger partial charge in [0.2, 0.25) is 5.89 Å². The number of oxazole rings is 1. The first-order valence-electron chi connectivity index (χ1n) is 6.62. The second-order valence-corrected chi connectivity index (χ2v) is 5.65. The van der Waals surface area contributed by atoms with Crippen LogP contribution in [0.25, 0.3) is 5.69 Å². The van der Waals surface area contributed by atoms with Crippen LogP contribution in [-0.4, -0.2) is 14.8 Å². The molecule has 0 saturated heterocycles. The van der Waals surface area contributed by atoms with Crippen molar-refractivity contribution < 1.29 is 4.42 Å². The fourth-order valence-electron chi connectivity index (χ4n) is 2.05. The van der Waals surface area contributed by atoms with Crippen LogP contribution in [0.5, 0.6) is 0 Å². The second kappa shape index (κ2) is 5.73. The van der Waals surface area contributed by atoms with E-state index in [1.165, 1.54) is 0 Å². The third-order valence-electron chi connectivity index (χ3n) is 3.07. The van der Waals surface area contributed by atoms with Crippen molar-refractivity contribution in [1.29, 1.82) is 0 Å². The van der Waals surface area contributed by atoms with Crippen LogP contribution in [0.4, 0.5) is 5.69 Å². The normalized spacial score (nSPS) is 12.3. The van der Waals surface area contributed by atoms with Gasteiger partial charge >= 0.3 is 0 Å². The standard InChI is InChI=1S/C15H15BrN4O/c1-10-7-17-15(21-10)11(2)19-12-8-18-20(9-12)14-6-4-3-5-13(14)16/h3-9,11,19H,1-2H3. The summed E-state index contributed by atoms with van der Waals surface area (Å²) < 4.78 is 8.34. The van der Waals surface area contributed by atoms with Crippen molar-refractivity contribution in [2.24, 2.45) is 0 Å². The van der Waals surface area contributed by atoms with Gasteiger partial charge in [0.05, 0.1) is 30.0 Å². The van der Waals surface area contributed by atoms with Gasteiger partial charge in [0.25, 0.3) is 0 Å². The Labute approximate surface area is 131 Å². The smallest absolute Gasteiger partial charge is 0.216 e. The molecule has 0 aliphatic carbocycles. The lowest BCUT2D eigenvalue weighted by Gasteiger charge is -2.09. The van der Waals surface area contributed by atoms with Crippen LogP contribution in [0, 0.1) is 6.92 Å². The molecule has 21 heavy (non-hydrogen) atoms. The number of anilines is 1. The van der Waals surface area contributed by atoms with Gasteiger partial charge in [0, 0.05) is 4.47 Å². The minimum absolute atomic E-state index is 0.0180. The maximum atomic E-state index is 5.52. The fraction of sp³-hybridized carbons (Fsp3) is 0.200. The number of rotatable bonds is 4. The van der Waals surface area contributed by atoms with Crippen LogP contribution in [-0.2, 0) is 0 Å². The Bertz CT molecular complexity index is 749. The highest BCUT2D eigenvalue weighted by molar-refractivity contribution is 9.10. The van der Waals surface area contributed by atoms with E-state index in [0.717, 1.165) is 21.6 Å². The molecular weight excluding hydrogens is 332 g/mol. The molecule has 0 aliphatic heterocycles. The molecule has 3 aromatic rings. The number of nitrogens with zero attached hydrogens (tertiary/aromatic N) is 3. The molecule has 2 aromatic heterocycles. The van der Waals surface area contributed by atoms with Crippen molar-refractivity contribution in [3.63, 3.8) is 0 Å². The van der Waals surface area contributed by atoms with Crippen LogP contribution in [0.15, 0.2) is 51.7 Å². The van der Waals surface area contributed by atoms with E-state index in [1.54, 1.807) is 12.4 Å². The lowest BCUT2D eigenvalue weighted by atomic mass is 10.3. The van der Waals surface area contributed by atoms with Gasteiger partial charge in [-0.3, -0.25) is 0 Å². The molecule has 0 aliphatic rings. The van der Waals surface area contributed by atoms with Crippen LogP contribution in [0.2, 0.25) is 0 Å². The van der Waals surface area contributed by atoms with E-state index >= 15 is 0 Å². The highest BCUT2D eigenvalue weighted by atomic mass is 79.9. The molecular formula is C15H15BrN4O. The summed E-state index contributed by atoms with van der Waals surface area (Å²) in [5, 5.41) is 7.70. The van der Waals surface area contributed by atoms with Crippen molar-refractivity contribution in [3.8, 4) is 5.69 Å². The van der Waals surface area contributed by atoms with Crippen molar-refractivity contribution in [3.05, 3.63) is 59.0 Å². The number of nitrogens with one attached hydrogen (secondary N) is 1. The Balaban J connectivity index is 1.78. The first kappa shape index (κ1) is 13.9. The van der Waals surface area contributed by atoms with Gasteiger partial charge in [-0.05, 0) is 41.9 Å². The van der Waals surface area contributed by atoms with Crippen LogP contribution in [0.1, 0.15) is 24.6 Å². The van der Waals surface area contributed by atoms with Gasteiger partial charge in [0.1, 0.15) is 11.8 Å². The topological polar surface area (TPSA) is 55.9 Å². The molecule has 0 fully saturated rings. The maximum absolute atomic E-state index is 5.52. The molecule has 0 saturated carbocycles. The van der Waals surface area contributed by atoms with E-state index in [2.05, 4.69) is 31.3 Å². The van der Waals surface area contributed by atoms with Gasteiger partial charge in [-0.1, -0.05) is 12.1 Å². The summed E-state index contributed by atoms with van der Waals surface area (Å²) in [4.78, 5) is 4.23. The number of hydrogen-bond donors (Lipinski definition) is 1. The molecule has 0 amide bonds. The Morgan fingerprint density at radius 3 is 2.81 bits per heavy atom. The molecule has 0 spiro atoms. The van der Waals surface area contributed by atoms with E-state index in [-0.39, 0.29) is 6.04 Å². The third kappa shape index (κ3) is 3.00. The minimum atomic E-state index is -0.0180. The zero-order chi connectivity index (χ0) is 14.8. The maximum Gasteiger partial charge on any atom is 0.216 e. The minimum Gasteiger partial charge on any atom is -0.444 e. The van der Waals surface area contributed by atoms with Gasteiger partial charge in [-0.2, -0.15) is 5.10 Å². The summed E-state index contributed by atoms with van der Waals surface area (Å²) in [7, 11) is 0. The van der Waals surface area contributed by atoms with Crippen molar-refractivity contribution in [1.82, 2.24) is 14.8 Å². The van der Waals surface area contributed by atoms with Crippen LogP contribution < -0.4 is 5.32 Å². The molecule has 6 heteroatoms. The van der Waals surface area contributed by atoms with Gasteiger partial charge in [-0.15, -0.1) is 0 Å². The fourth-order valence-corrected chi connectivity index (χ4v) is 2.52. The number of para-hydroxylation sites is 1. The molecule has 5 nitrogen and oxygen atoms in total. The van der Waals surface area contributed by atoms with E-state index in [1.807, 2.05) is 49.0 Å². The highest BCUT2D eigenvalue weighted by Crippen LogP contribution is 2.23. The number of benzene rings is 1. The highest BCUT2D eigenvalue weighted by Gasteiger charge is 2.12. The summed E-state index contributed by atoms with van der Waals surface area (Å²) >= 11 is 3.53. The quantitative estimate of drug-likeness (QED) is 0.772. The molecule has 2 heterocycles.